The Morgan fingerprint density at radius 2 is 1.76 bits per heavy atom. The van der Waals surface area contributed by atoms with Gasteiger partial charge in [-0.05, 0) is 19.8 Å². The molecule has 0 bridgehead atoms. The van der Waals surface area contributed by atoms with Gasteiger partial charge in [-0.15, -0.1) is 0 Å². The fourth-order valence-corrected chi connectivity index (χ4v) is 4.08. The summed E-state index contributed by atoms with van der Waals surface area (Å²) >= 11 is 0. The second-order valence-electron chi connectivity index (χ2n) is 4.95. The quantitative estimate of drug-likeness (QED) is 0.742. The molecule has 0 aromatic carbocycles. The zero-order valence-electron chi connectivity index (χ0n) is 10.8. The molecule has 1 aliphatic carbocycles. The summed E-state index contributed by atoms with van der Waals surface area (Å²) in [6.45, 7) is 1.69. The molecule has 0 heterocycles. The number of hydrogen-bond acceptors (Lipinski definition) is 3. The van der Waals surface area contributed by atoms with Gasteiger partial charge in [0.05, 0.1) is 10.8 Å². The molecule has 1 amide bonds. The Bertz CT molecular complexity index is 359. The van der Waals surface area contributed by atoms with E-state index in [4.69, 9.17) is 0 Å². The van der Waals surface area contributed by atoms with Gasteiger partial charge in [-0.25, -0.2) is 12.7 Å². The maximum Gasteiger partial charge on any atom is 0.218 e. The smallest absolute Gasteiger partial charge is 0.218 e. The molecule has 1 aliphatic rings. The predicted molar refractivity (Wildman–Crippen MR) is 67.1 cm³/mol. The molecule has 0 aromatic heterocycles. The topological polar surface area (TPSA) is 66.5 Å². The largest absolute Gasteiger partial charge is 0.352 e. The third-order valence-electron chi connectivity index (χ3n) is 3.83. The predicted octanol–water partition coefficient (Wildman–Crippen LogP) is 0.715. The molecular formula is C11H22N2O3S. The lowest BCUT2D eigenvalue weighted by Gasteiger charge is -2.42. The Kier molecular flexibility index (Phi) is 4.55. The van der Waals surface area contributed by atoms with Gasteiger partial charge in [-0.2, -0.15) is 0 Å². The van der Waals surface area contributed by atoms with Crippen LogP contribution >= 0.6 is 0 Å². The summed E-state index contributed by atoms with van der Waals surface area (Å²) in [6.07, 6.45) is 5.15. The van der Waals surface area contributed by atoms with E-state index < -0.39 is 20.8 Å². The highest BCUT2D eigenvalue weighted by atomic mass is 32.2. The molecule has 0 aromatic rings. The van der Waals surface area contributed by atoms with Crippen molar-refractivity contribution in [1.82, 2.24) is 9.62 Å². The summed E-state index contributed by atoms with van der Waals surface area (Å²) < 4.78 is 25.6. The van der Waals surface area contributed by atoms with E-state index in [-0.39, 0.29) is 0 Å². The van der Waals surface area contributed by atoms with Crippen molar-refractivity contribution in [2.24, 2.45) is 0 Å². The van der Waals surface area contributed by atoms with Crippen LogP contribution in [0.4, 0.5) is 0 Å². The van der Waals surface area contributed by atoms with Crippen LogP contribution in [-0.2, 0) is 14.8 Å². The first-order valence-electron chi connectivity index (χ1n) is 5.99. The van der Waals surface area contributed by atoms with E-state index in [1.165, 1.54) is 18.4 Å². The van der Waals surface area contributed by atoms with Crippen LogP contribution in [0.15, 0.2) is 0 Å². The maximum atomic E-state index is 12.2. The average molecular weight is 262 g/mol. The Hall–Kier alpha value is -0.620. The van der Waals surface area contributed by atoms with E-state index in [1.807, 2.05) is 0 Å². The Morgan fingerprint density at radius 3 is 2.18 bits per heavy atom. The van der Waals surface area contributed by atoms with E-state index in [0.717, 1.165) is 32.1 Å². The first kappa shape index (κ1) is 14.4. The number of rotatable bonds is 5. The number of amides is 1. The normalized spacial score (nSPS) is 22.1. The van der Waals surface area contributed by atoms with Gasteiger partial charge in [0.25, 0.3) is 0 Å². The third kappa shape index (κ3) is 2.80. The summed E-state index contributed by atoms with van der Waals surface area (Å²) in [5, 5.41) is 2.18. The fourth-order valence-electron chi connectivity index (χ4n) is 2.57. The second kappa shape index (κ2) is 5.35. The van der Waals surface area contributed by atoms with Gasteiger partial charge in [0.15, 0.2) is 0 Å². The van der Waals surface area contributed by atoms with E-state index >= 15 is 0 Å². The fraction of sp³-hybridized carbons (Fsp3) is 0.909. The van der Waals surface area contributed by atoms with Crippen LogP contribution in [0, 0.1) is 0 Å². The van der Waals surface area contributed by atoms with Crippen molar-refractivity contribution in [2.45, 2.75) is 49.8 Å². The Balaban J connectivity index is 3.02. The lowest BCUT2D eigenvalue weighted by Crippen LogP contribution is -2.58. The van der Waals surface area contributed by atoms with Crippen LogP contribution in [0.5, 0.6) is 0 Å². The lowest BCUT2D eigenvalue weighted by atomic mass is 9.79. The summed E-state index contributed by atoms with van der Waals surface area (Å²) in [4.78, 5) is 10.8. The van der Waals surface area contributed by atoms with Crippen LogP contribution in [0.3, 0.4) is 0 Å². The first-order valence-corrected chi connectivity index (χ1v) is 7.50. The molecule has 17 heavy (non-hydrogen) atoms. The standard InChI is InChI=1S/C11H22N2O3S/c1-10(17(15,16)13(2)3)11(12-9-14)7-5-4-6-8-11/h9-10H,4-8H2,1-3H3,(H,12,14)/t10-/m1/s1. The molecule has 1 rings (SSSR count). The molecule has 1 atom stereocenters. The molecular weight excluding hydrogens is 240 g/mol. The number of carbonyl (C=O) groups excluding carboxylic acids is 1. The van der Waals surface area contributed by atoms with Crippen molar-refractivity contribution in [3.63, 3.8) is 0 Å². The third-order valence-corrected chi connectivity index (χ3v) is 6.19. The molecule has 0 radical (unpaired) electrons. The van der Waals surface area contributed by atoms with Crippen molar-refractivity contribution < 1.29 is 13.2 Å². The molecule has 1 N–H and O–H groups in total. The van der Waals surface area contributed by atoms with Crippen molar-refractivity contribution >= 4 is 16.4 Å². The summed E-state index contributed by atoms with van der Waals surface area (Å²) in [6, 6.07) is 0. The molecule has 0 saturated heterocycles. The zero-order chi connectivity index (χ0) is 13.1. The number of nitrogens with one attached hydrogen (secondary N) is 1. The summed E-state index contributed by atoms with van der Waals surface area (Å²) in [7, 11) is -0.283. The van der Waals surface area contributed by atoms with Gasteiger partial charge in [0, 0.05) is 14.1 Å². The molecule has 5 nitrogen and oxygen atoms in total. The highest BCUT2D eigenvalue weighted by molar-refractivity contribution is 7.89. The van der Waals surface area contributed by atoms with E-state index in [9.17, 15) is 13.2 Å². The van der Waals surface area contributed by atoms with Crippen molar-refractivity contribution in [3.8, 4) is 0 Å². The number of carbonyl (C=O) groups is 1. The monoisotopic (exact) mass is 262 g/mol. The van der Waals surface area contributed by atoms with Crippen molar-refractivity contribution in [1.29, 1.82) is 0 Å². The minimum Gasteiger partial charge on any atom is -0.352 e. The number of sulfonamides is 1. The maximum absolute atomic E-state index is 12.2. The Labute approximate surface area is 104 Å². The molecule has 100 valence electrons. The lowest BCUT2D eigenvalue weighted by molar-refractivity contribution is -0.111. The first-order chi connectivity index (χ1) is 7.87. The van der Waals surface area contributed by atoms with Crippen LogP contribution < -0.4 is 5.32 Å². The van der Waals surface area contributed by atoms with Crippen LogP contribution in [0.1, 0.15) is 39.0 Å². The highest BCUT2D eigenvalue weighted by Gasteiger charge is 2.44. The average Bonchev–Trinajstić information content (AvgIpc) is 2.29. The van der Waals surface area contributed by atoms with Gasteiger partial charge in [0.2, 0.25) is 16.4 Å². The molecule has 1 fully saturated rings. The summed E-state index contributed by atoms with van der Waals surface area (Å²) in [5.41, 5.74) is -0.594. The Morgan fingerprint density at radius 1 is 1.24 bits per heavy atom. The van der Waals surface area contributed by atoms with E-state index in [1.54, 1.807) is 6.92 Å². The molecule has 0 aliphatic heterocycles. The highest BCUT2D eigenvalue weighted by Crippen LogP contribution is 2.34. The molecule has 1 saturated carbocycles. The van der Waals surface area contributed by atoms with Gasteiger partial charge in [-0.3, -0.25) is 4.79 Å². The van der Waals surface area contributed by atoms with Crippen LogP contribution in [0.25, 0.3) is 0 Å². The van der Waals surface area contributed by atoms with Crippen molar-refractivity contribution in [2.75, 3.05) is 14.1 Å². The van der Waals surface area contributed by atoms with E-state index in [2.05, 4.69) is 5.32 Å². The van der Waals surface area contributed by atoms with Crippen LogP contribution in [-0.4, -0.2) is 44.0 Å². The van der Waals surface area contributed by atoms with E-state index in [0.29, 0.717) is 6.41 Å². The van der Waals surface area contributed by atoms with Crippen LogP contribution in [0.2, 0.25) is 0 Å². The zero-order valence-corrected chi connectivity index (χ0v) is 11.6. The number of hydrogen-bond donors (Lipinski definition) is 1. The van der Waals surface area contributed by atoms with Gasteiger partial charge < -0.3 is 5.32 Å². The second-order valence-corrected chi connectivity index (χ2v) is 7.42. The SMILES string of the molecule is C[C@H](C1(NC=O)CCCCC1)S(=O)(=O)N(C)C. The minimum atomic E-state index is -3.35. The molecule has 6 heteroatoms. The number of nitrogens with zero attached hydrogens (tertiary/aromatic N) is 1. The molecule has 0 spiro atoms. The van der Waals surface area contributed by atoms with Crippen molar-refractivity contribution in [3.05, 3.63) is 0 Å². The van der Waals surface area contributed by atoms with Gasteiger partial charge in [0.1, 0.15) is 0 Å². The summed E-state index contributed by atoms with van der Waals surface area (Å²) in [5.74, 6) is 0. The molecule has 0 unspecified atom stereocenters. The van der Waals surface area contributed by atoms with Gasteiger partial charge >= 0.3 is 0 Å². The van der Waals surface area contributed by atoms with Gasteiger partial charge in [-0.1, -0.05) is 19.3 Å². The minimum absolute atomic E-state index is 0.588.